The Morgan fingerprint density at radius 3 is 2.65 bits per heavy atom. The smallest absolute Gasteiger partial charge is 0.300 e. The molecule has 0 saturated carbocycles. The third-order valence-electron chi connectivity index (χ3n) is 3.54. The highest BCUT2D eigenvalue weighted by Gasteiger charge is 2.38. The van der Waals surface area contributed by atoms with Crippen molar-refractivity contribution in [1.29, 1.82) is 0 Å². The molecule has 8 heteroatoms. The van der Waals surface area contributed by atoms with E-state index in [1.807, 2.05) is 5.01 Å². The molecule has 2 aliphatic heterocycles. The average Bonchev–Trinajstić information content (AvgIpc) is 2.64. The summed E-state index contributed by atoms with van der Waals surface area (Å²) in [5, 5.41) is 13.3. The second-order valence-electron chi connectivity index (χ2n) is 5.37. The van der Waals surface area contributed by atoms with E-state index in [4.69, 9.17) is 9.90 Å². The molecule has 0 spiro atoms. The zero-order valence-electron chi connectivity index (χ0n) is 13.3. The number of hydrazine groups is 1. The first-order valence-electron chi connectivity index (χ1n) is 7.56. The zero-order valence-corrected chi connectivity index (χ0v) is 13.3. The normalized spacial score (nSPS) is 20.7. The number of allylic oxidation sites excluding steroid dienone is 1. The zero-order chi connectivity index (χ0) is 17.4. The number of aldehydes is 1. The van der Waals surface area contributed by atoms with Gasteiger partial charge in [0.1, 0.15) is 12.3 Å². The number of rotatable bonds is 3. The molecule has 8 nitrogen and oxygen atoms in total. The number of hydrogen-bond acceptors (Lipinski definition) is 5. The molecule has 0 aromatic carbocycles. The number of carboxylic acid groups (broad SMARTS) is 1. The lowest BCUT2D eigenvalue weighted by Crippen LogP contribution is -2.59. The van der Waals surface area contributed by atoms with Crippen LogP contribution in [0.4, 0.5) is 0 Å². The van der Waals surface area contributed by atoms with Gasteiger partial charge in [-0.15, -0.1) is 0 Å². The second-order valence-corrected chi connectivity index (χ2v) is 5.37. The molecule has 2 saturated heterocycles. The van der Waals surface area contributed by atoms with Gasteiger partial charge in [-0.3, -0.25) is 19.4 Å². The minimum absolute atomic E-state index is 0.0156. The number of aliphatic carboxylic acids is 1. The lowest BCUT2D eigenvalue weighted by atomic mass is 10.1. The molecule has 0 aromatic heterocycles. The molecular formula is C15H23N3O5. The van der Waals surface area contributed by atoms with Crippen molar-refractivity contribution < 1.29 is 24.3 Å². The van der Waals surface area contributed by atoms with Crippen molar-refractivity contribution in [3.05, 3.63) is 12.3 Å². The van der Waals surface area contributed by atoms with Crippen LogP contribution >= 0.6 is 0 Å². The van der Waals surface area contributed by atoms with Gasteiger partial charge in [-0.25, -0.2) is 5.01 Å². The van der Waals surface area contributed by atoms with Gasteiger partial charge in [-0.05, 0) is 25.7 Å². The third kappa shape index (κ3) is 5.39. The van der Waals surface area contributed by atoms with E-state index in [1.54, 1.807) is 5.01 Å². The molecule has 2 amide bonds. The summed E-state index contributed by atoms with van der Waals surface area (Å²) in [6.07, 6.45) is 4.09. The van der Waals surface area contributed by atoms with Crippen LogP contribution in [0.1, 0.15) is 39.0 Å². The number of fused-ring (bicyclic) bond motifs is 1. The lowest BCUT2D eigenvalue weighted by molar-refractivity contribution is -0.161. The van der Waals surface area contributed by atoms with Gasteiger partial charge in [0.05, 0.1) is 6.54 Å². The highest BCUT2D eigenvalue weighted by atomic mass is 16.4. The third-order valence-corrected chi connectivity index (χ3v) is 3.54. The fourth-order valence-electron chi connectivity index (χ4n) is 2.64. The first kappa shape index (κ1) is 18.7. The van der Waals surface area contributed by atoms with Crippen molar-refractivity contribution in [2.45, 2.75) is 45.1 Å². The number of carbonyl (C=O) groups is 4. The van der Waals surface area contributed by atoms with E-state index in [0.717, 1.165) is 38.4 Å². The van der Waals surface area contributed by atoms with Crippen molar-refractivity contribution in [2.24, 2.45) is 0 Å². The Morgan fingerprint density at radius 1 is 1.39 bits per heavy atom. The Kier molecular flexibility index (Phi) is 7.24. The topological polar surface area (TPSA) is 107 Å². The molecule has 2 aliphatic rings. The van der Waals surface area contributed by atoms with Crippen LogP contribution in [0.5, 0.6) is 0 Å². The highest BCUT2D eigenvalue weighted by molar-refractivity contribution is 5.88. The Hall–Kier alpha value is -2.38. The van der Waals surface area contributed by atoms with E-state index < -0.39 is 12.0 Å². The maximum absolute atomic E-state index is 12.2. The number of nitrogens with zero attached hydrogens (tertiary/aromatic N) is 2. The molecule has 2 fully saturated rings. The van der Waals surface area contributed by atoms with Crippen molar-refractivity contribution in [2.75, 3.05) is 13.1 Å². The first-order valence-corrected chi connectivity index (χ1v) is 7.56. The van der Waals surface area contributed by atoms with Crippen molar-refractivity contribution in [3.8, 4) is 0 Å². The van der Waals surface area contributed by atoms with Crippen molar-refractivity contribution in [1.82, 2.24) is 15.3 Å². The minimum Gasteiger partial charge on any atom is -0.481 e. The van der Waals surface area contributed by atoms with E-state index in [1.165, 1.54) is 0 Å². The summed E-state index contributed by atoms with van der Waals surface area (Å²) < 4.78 is 0. The van der Waals surface area contributed by atoms with E-state index in [-0.39, 0.29) is 18.4 Å². The highest BCUT2D eigenvalue weighted by Crippen LogP contribution is 2.28. The SMILES string of the molecule is C=C1CCCC(=O)N2[C@H](C(=O)NCC=O)CCCN12.CC(=O)O. The van der Waals surface area contributed by atoms with Crippen LogP contribution in [0.25, 0.3) is 0 Å². The van der Waals surface area contributed by atoms with Crippen molar-refractivity contribution >= 4 is 24.1 Å². The lowest BCUT2D eigenvalue weighted by Gasteiger charge is -2.44. The van der Waals surface area contributed by atoms with Gasteiger partial charge in [0.2, 0.25) is 11.8 Å². The predicted octanol–water partition coefficient (Wildman–Crippen LogP) is 0.298. The maximum Gasteiger partial charge on any atom is 0.300 e. The van der Waals surface area contributed by atoms with Gasteiger partial charge < -0.3 is 15.2 Å². The number of amides is 2. The quantitative estimate of drug-likeness (QED) is 0.723. The van der Waals surface area contributed by atoms with Crippen LogP contribution in [0.3, 0.4) is 0 Å². The fourth-order valence-corrected chi connectivity index (χ4v) is 2.64. The molecule has 128 valence electrons. The predicted molar refractivity (Wildman–Crippen MR) is 81.9 cm³/mol. The Labute approximate surface area is 135 Å². The Balaban J connectivity index is 0.000000593. The molecule has 0 bridgehead atoms. The Bertz CT molecular complexity index is 488. The van der Waals surface area contributed by atoms with Crippen LogP contribution in [0.2, 0.25) is 0 Å². The van der Waals surface area contributed by atoms with Gasteiger partial charge in [-0.2, -0.15) is 0 Å². The molecule has 0 aromatic rings. The second kappa shape index (κ2) is 8.92. The molecule has 2 N–H and O–H groups in total. The van der Waals surface area contributed by atoms with Gasteiger partial charge in [0.25, 0.3) is 5.97 Å². The first-order chi connectivity index (χ1) is 10.9. The summed E-state index contributed by atoms with van der Waals surface area (Å²) in [5.74, 6) is -1.13. The Morgan fingerprint density at radius 2 is 2.04 bits per heavy atom. The molecular weight excluding hydrogens is 302 g/mol. The van der Waals surface area contributed by atoms with E-state index in [9.17, 15) is 14.4 Å². The van der Waals surface area contributed by atoms with Gasteiger partial charge >= 0.3 is 0 Å². The maximum atomic E-state index is 12.2. The molecule has 2 heterocycles. The fraction of sp³-hybridized carbons (Fsp3) is 0.600. The van der Waals surface area contributed by atoms with Crippen LogP contribution in [0.15, 0.2) is 12.3 Å². The van der Waals surface area contributed by atoms with Crippen molar-refractivity contribution in [3.63, 3.8) is 0 Å². The molecule has 0 radical (unpaired) electrons. The monoisotopic (exact) mass is 325 g/mol. The minimum atomic E-state index is -0.833. The molecule has 23 heavy (non-hydrogen) atoms. The van der Waals surface area contributed by atoms with Crippen LogP contribution < -0.4 is 5.32 Å². The van der Waals surface area contributed by atoms with Gasteiger partial charge in [-0.1, -0.05) is 6.58 Å². The molecule has 0 aliphatic carbocycles. The summed E-state index contributed by atoms with van der Waals surface area (Å²) in [6.45, 7) is 5.79. The number of hydrogen-bond donors (Lipinski definition) is 2. The summed E-state index contributed by atoms with van der Waals surface area (Å²) in [6, 6.07) is -0.518. The standard InChI is InChI=1S/C13H19N3O3.C2H4O2/c1-10-4-2-6-12(18)16-11(5-3-8-15(10)16)13(19)14-7-9-17;1-2(3)4/h9,11H,1-8H2,(H,14,19);1H3,(H,3,4)/t11-;/m0./s1. The summed E-state index contributed by atoms with van der Waals surface area (Å²) >= 11 is 0. The van der Waals surface area contributed by atoms with E-state index >= 15 is 0 Å². The van der Waals surface area contributed by atoms with Crippen LogP contribution in [-0.4, -0.2) is 58.3 Å². The number of carbonyl (C=O) groups excluding carboxylic acids is 3. The largest absolute Gasteiger partial charge is 0.481 e. The summed E-state index contributed by atoms with van der Waals surface area (Å²) in [4.78, 5) is 43.6. The van der Waals surface area contributed by atoms with Gasteiger partial charge in [0.15, 0.2) is 0 Å². The average molecular weight is 325 g/mol. The molecule has 2 rings (SSSR count). The van der Waals surface area contributed by atoms with E-state index in [0.29, 0.717) is 19.1 Å². The van der Waals surface area contributed by atoms with Crippen LogP contribution in [-0.2, 0) is 19.2 Å². The summed E-state index contributed by atoms with van der Waals surface area (Å²) in [7, 11) is 0. The van der Waals surface area contributed by atoms with Crippen LogP contribution in [0, 0.1) is 0 Å². The summed E-state index contributed by atoms with van der Waals surface area (Å²) in [5.41, 5.74) is 0.888. The molecule has 1 atom stereocenters. The number of nitrogens with one attached hydrogen (secondary N) is 1. The number of carboxylic acids is 1. The van der Waals surface area contributed by atoms with E-state index in [2.05, 4.69) is 11.9 Å². The molecule has 0 unspecified atom stereocenters. The van der Waals surface area contributed by atoms with Gasteiger partial charge in [0, 0.05) is 25.6 Å².